The van der Waals surface area contributed by atoms with Gasteiger partial charge in [-0.3, -0.25) is 0 Å². The molecule has 0 aromatic heterocycles. The fourth-order valence-electron chi connectivity index (χ4n) is 2.73. The topological polar surface area (TPSA) is 29.3 Å². The van der Waals surface area contributed by atoms with Crippen LogP contribution < -0.4 is 5.73 Å². The molecule has 0 radical (unpaired) electrons. The Hall–Kier alpha value is -0.570. The zero-order chi connectivity index (χ0) is 12.3. The highest BCUT2D eigenvalue weighted by molar-refractivity contribution is 6.30. The Morgan fingerprint density at radius 1 is 1.41 bits per heavy atom. The summed E-state index contributed by atoms with van der Waals surface area (Å²) in [6.07, 6.45) is 3.65. The maximum atomic E-state index is 5.98. The second-order valence-corrected chi connectivity index (χ2v) is 5.70. The van der Waals surface area contributed by atoms with Crippen LogP contribution in [0, 0.1) is 5.92 Å². The third-order valence-electron chi connectivity index (χ3n) is 3.49. The van der Waals surface area contributed by atoms with Crippen molar-refractivity contribution in [3.05, 3.63) is 34.9 Å². The lowest BCUT2D eigenvalue weighted by molar-refractivity contribution is 0.270. The van der Waals surface area contributed by atoms with Crippen molar-refractivity contribution in [2.45, 2.75) is 31.8 Å². The van der Waals surface area contributed by atoms with Gasteiger partial charge in [-0.1, -0.05) is 23.7 Å². The van der Waals surface area contributed by atoms with Crippen LogP contribution in [-0.2, 0) is 6.54 Å². The van der Waals surface area contributed by atoms with Crippen molar-refractivity contribution in [1.29, 1.82) is 0 Å². The van der Waals surface area contributed by atoms with Crippen LogP contribution in [0.15, 0.2) is 24.3 Å². The molecule has 1 aromatic carbocycles. The van der Waals surface area contributed by atoms with Crippen molar-refractivity contribution in [3.8, 4) is 0 Å². The van der Waals surface area contributed by atoms with E-state index in [0.29, 0.717) is 6.04 Å². The molecular formula is C14H21ClN2. The van der Waals surface area contributed by atoms with Gasteiger partial charge in [0.15, 0.2) is 0 Å². The molecule has 0 saturated heterocycles. The van der Waals surface area contributed by atoms with Crippen molar-refractivity contribution in [2.75, 3.05) is 13.6 Å². The Labute approximate surface area is 109 Å². The first-order valence-electron chi connectivity index (χ1n) is 6.32. The molecule has 0 amide bonds. The summed E-state index contributed by atoms with van der Waals surface area (Å²) in [5, 5.41) is 0.818. The molecule has 2 unspecified atom stereocenters. The number of hydrogen-bond donors (Lipinski definition) is 1. The van der Waals surface area contributed by atoms with Gasteiger partial charge in [0.2, 0.25) is 0 Å². The molecule has 0 spiro atoms. The minimum Gasteiger partial charge on any atom is -0.328 e. The summed E-state index contributed by atoms with van der Waals surface area (Å²) in [7, 11) is 2.17. The summed E-state index contributed by atoms with van der Waals surface area (Å²) < 4.78 is 0. The summed E-state index contributed by atoms with van der Waals surface area (Å²) in [6.45, 7) is 2.10. The van der Waals surface area contributed by atoms with E-state index in [1.54, 1.807) is 0 Å². The predicted octanol–water partition coefficient (Wildman–Crippen LogP) is 2.90. The molecular weight excluding hydrogens is 232 g/mol. The third-order valence-corrected chi connectivity index (χ3v) is 3.73. The van der Waals surface area contributed by atoms with E-state index in [9.17, 15) is 0 Å². The predicted molar refractivity (Wildman–Crippen MR) is 73.1 cm³/mol. The highest BCUT2D eigenvalue weighted by Crippen LogP contribution is 2.25. The second-order valence-electron chi connectivity index (χ2n) is 5.27. The summed E-state index contributed by atoms with van der Waals surface area (Å²) in [4.78, 5) is 2.37. The normalized spacial score (nSPS) is 24.5. The fourth-order valence-corrected chi connectivity index (χ4v) is 2.94. The van der Waals surface area contributed by atoms with Gasteiger partial charge >= 0.3 is 0 Å². The zero-order valence-electron chi connectivity index (χ0n) is 10.4. The van der Waals surface area contributed by atoms with E-state index in [2.05, 4.69) is 18.0 Å². The molecule has 2 atom stereocenters. The van der Waals surface area contributed by atoms with Gasteiger partial charge in [0.05, 0.1) is 0 Å². The third kappa shape index (κ3) is 3.98. The summed E-state index contributed by atoms with van der Waals surface area (Å²) in [6, 6.07) is 8.53. The summed E-state index contributed by atoms with van der Waals surface area (Å²) in [5.41, 5.74) is 7.22. The van der Waals surface area contributed by atoms with E-state index in [1.807, 2.05) is 18.2 Å². The molecule has 94 valence electrons. The Balaban J connectivity index is 1.83. The SMILES string of the molecule is CN(Cc1cccc(Cl)c1)CC1CCC(N)C1. The monoisotopic (exact) mass is 252 g/mol. The Morgan fingerprint density at radius 2 is 2.24 bits per heavy atom. The van der Waals surface area contributed by atoms with E-state index in [1.165, 1.54) is 24.8 Å². The minimum absolute atomic E-state index is 0.430. The average Bonchev–Trinajstić information content (AvgIpc) is 2.63. The van der Waals surface area contributed by atoms with Crippen LogP contribution in [0.2, 0.25) is 5.02 Å². The molecule has 2 rings (SSSR count). The van der Waals surface area contributed by atoms with Crippen molar-refractivity contribution in [3.63, 3.8) is 0 Å². The van der Waals surface area contributed by atoms with Crippen LogP contribution >= 0.6 is 11.6 Å². The fraction of sp³-hybridized carbons (Fsp3) is 0.571. The van der Waals surface area contributed by atoms with Gasteiger partial charge in [-0.25, -0.2) is 0 Å². The number of rotatable bonds is 4. The molecule has 0 aliphatic heterocycles. The van der Waals surface area contributed by atoms with E-state index in [0.717, 1.165) is 24.0 Å². The quantitative estimate of drug-likeness (QED) is 0.893. The molecule has 1 saturated carbocycles. The lowest BCUT2D eigenvalue weighted by Crippen LogP contribution is -2.25. The molecule has 1 aliphatic carbocycles. The largest absolute Gasteiger partial charge is 0.328 e. The highest BCUT2D eigenvalue weighted by Gasteiger charge is 2.22. The smallest absolute Gasteiger partial charge is 0.0409 e. The molecule has 0 heterocycles. The van der Waals surface area contributed by atoms with Crippen LogP contribution in [-0.4, -0.2) is 24.5 Å². The van der Waals surface area contributed by atoms with E-state index >= 15 is 0 Å². The molecule has 2 N–H and O–H groups in total. The van der Waals surface area contributed by atoms with Crippen LogP contribution in [0.5, 0.6) is 0 Å². The summed E-state index contributed by atoms with van der Waals surface area (Å²) >= 11 is 5.98. The number of nitrogens with two attached hydrogens (primary N) is 1. The number of halogens is 1. The first kappa shape index (κ1) is 12.9. The maximum absolute atomic E-state index is 5.98. The van der Waals surface area contributed by atoms with Gasteiger partial charge in [0.1, 0.15) is 0 Å². The second kappa shape index (κ2) is 5.85. The van der Waals surface area contributed by atoms with Crippen molar-refractivity contribution < 1.29 is 0 Å². The van der Waals surface area contributed by atoms with Crippen molar-refractivity contribution in [2.24, 2.45) is 11.7 Å². The Bertz CT molecular complexity index is 367. The lowest BCUT2D eigenvalue weighted by atomic mass is 10.1. The van der Waals surface area contributed by atoms with Crippen LogP contribution in [0.25, 0.3) is 0 Å². The van der Waals surface area contributed by atoms with Gasteiger partial charge in [-0.15, -0.1) is 0 Å². The molecule has 0 bridgehead atoms. The maximum Gasteiger partial charge on any atom is 0.0409 e. The van der Waals surface area contributed by atoms with Gasteiger partial charge in [-0.2, -0.15) is 0 Å². The molecule has 1 aromatic rings. The lowest BCUT2D eigenvalue weighted by Gasteiger charge is -2.21. The Morgan fingerprint density at radius 3 is 2.88 bits per heavy atom. The van der Waals surface area contributed by atoms with Gasteiger partial charge in [0.25, 0.3) is 0 Å². The number of hydrogen-bond acceptors (Lipinski definition) is 2. The van der Waals surface area contributed by atoms with E-state index in [-0.39, 0.29) is 0 Å². The molecule has 17 heavy (non-hydrogen) atoms. The average molecular weight is 253 g/mol. The van der Waals surface area contributed by atoms with Crippen LogP contribution in [0.1, 0.15) is 24.8 Å². The first-order chi connectivity index (χ1) is 8.13. The first-order valence-corrected chi connectivity index (χ1v) is 6.70. The highest BCUT2D eigenvalue weighted by atomic mass is 35.5. The molecule has 2 nitrogen and oxygen atoms in total. The zero-order valence-corrected chi connectivity index (χ0v) is 11.2. The van der Waals surface area contributed by atoms with Gasteiger partial charge < -0.3 is 10.6 Å². The number of benzene rings is 1. The number of nitrogens with zero attached hydrogens (tertiary/aromatic N) is 1. The van der Waals surface area contributed by atoms with Crippen LogP contribution in [0.4, 0.5) is 0 Å². The molecule has 3 heteroatoms. The van der Waals surface area contributed by atoms with Gasteiger partial charge in [0, 0.05) is 24.2 Å². The van der Waals surface area contributed by atoms with E-state index < -0.39 is 0 Å². The Kier molecular flexibility index (Phi) is 4.43. The van der Waals surface area contributed by atoms with Crippen molar-refractivity contribution in [1.82, 2.24) is 4.90 Å². The standard InChI is InChI=1S/C14H21ClN2/c1-17(10-12-5-6-14(16)8-12)9-11-3-2-4-13(15)7-11/h2-4,7,12,14H,5-6,8-10,16H2,1H3. The van der Waals surface area contributed by atoms with Crippen molar-refractivity contribution >= 4 is 11.6 Å². The molecule has 1 aliphatic rings. The summed E-state index contributed by atoms with van der Waals surface area (Å²) in [5.74, 6) is 0.772. The minimum atomic E-state index is 0.430. The van der Waals surface area contributed by atoms with Gasteiger partial charge in [-0.05, 0) is 49.9 Å². The van der Waals surface area contributed by atoms with Crippen LogP contribution in [0.3, 0.4) is 0 Å². The van der Waals surface area contributed by atoms with E-state index in [4.69, 9.17) is 17.3 Å². The molecule has 1 fully saturated rings.